The molecule has 3 saturated heterocycles. The van der Waals surface area contributed by atoms with E-state index in [0.29, 0.717) is 25.8 Å². The number of halogens is 1. The summed E-state index contributed by atoms with van der Waals surface area (Å²) in [7, 11) is 0. The second-order valence-electron chi connectivity index (χ2n) is 12.3. The fourth-order valence-corrected chi connectivity index (χ4v) is 7.75. The molecular formula is C28H43BrN2O6. The lowest BCUT2D eigenvalue weighted by molar-refractivity contribution is -0.156. The van der Waals surface area contributed by atoms with Gasteiger partial charge in [0.25, 0.3) is 0 Å². The Hall–Kier alpha value is -1.71. The molecule has 2 bridgehead atoms. The van der Waals surface area contributed by atoms with Gasteiger partial charge in [0.1, 0.15) is 11.6 Å². The van der Waals surface area contributed by atoms with Crippen LogP contribution in [0.5, 0.6) is 0 Å². The standard InChI is InChI=1S/C28H43BrN2O6/c1-8-10-15-36-25(35)19-20-23(33)30(13-11-14-32)22(28(20)16-18(29)21(19)37-28)24(34)31(12-9-2)27(6,7)17-26(3,4)5/h8-9,18-22,32H,1-2,10-17H2,3-7H3/t18?,19-,20-,21-,22?,28?/m0/s1. The van der Waals surface area contributed by atoms with Crippen molar-refractivity contribution in [3.8, 4) is 0 Å². The first kappa shape index (κ1) is 29.8. The van der Waals surface area contributed by atoms with E-state index < -0.39 is 41.1 Å². The number of carbonyl (C=O) groups is 3. The van der Waals surface area contributed by atoms with Crippen molar-refractivity contribution in [3.63, 3.8) is 0 Å². The third-order valence-electron chi connectivity index (χ3n) is 7.69. The summed E-state index contributed by atoms with van der Waals surface area (Å²) in [4.78, 5) is 44.8. The SMILES string of the molecule is C=CCCOC(=O)[C@H]1[C@H]2C(=O)N(CCCO)C(C(=O)N(CC=C)C(C)(C)CC(C)(C)C)C23CC(Br)[C@@H]1O3. The van der Waals surface area contributed by atoms with Gasteiger partial charge in [-0.1, -0.05) is 48.9 Å². The van der Waals surface area contributed by atoms with Gasteiger partial charge in [-0.2, -0.15) is 0 Å². The highest BCUT2D eigenvalue weighted by molar-refractivity contribution is 9.09. The van der Waals surface area contributed by atoms with Crippen LogP contribution in [0.3, 0.4) is 0 Å². The molecule has 8 nitrogen and oxygen atoms in total. The molecule has 208 valence electrons. The maximum absolute atomic E-state index is 14.5. The fourth-order valence-electron chi connectivity index (χ4n) is 6.80. The molecule has 0 aromatic rings. The van der Waals surface area contributed by atoms with Gasteiger partial charge in [0.05, 0.1) is 24.5 Å². The second-order valence-corrected chi connectivity index (χ2v) is 13.5. The molecule has 3 aliphatic rings. The predicted octanol–water partition coefficient (Wildman–Crippen LogP) is 3.47. The Kier molecular flexibility index (Phi) is 9.02. The van der Waals surface area contributed by atoms with Crippen molar-refractivity contribution < 1.29 is 29.0 Å². The van der Waals surface area contributed by atoms with E-state index in [4.69, 9.17) is 9.47 Å². The Bertz CT molecular complexity index is 915. The zero-order chi connectivity index (χ0) is 27.8. The maximum atomic E-state index is 14.5. The molecule has 0 aromatic heterocycles. The van der Waals surface area contributed by atoms with Crippen LogP contribution >= 0.6 is 15.9 Å². The van der Waals surface area contributed by atoms with Gasteiger partial charge < -0.3 is 24.4 Å². The number of rotatable bonds is 12. The third kappa shape index (κ3) is 5.55. The van der Waals surface area contributed by atoms with Crippen molar-refractivity contribution >= 4 is 33.7 Å². The number of likely N-dealkylation sites (tertiary alicyclic amines) is 1. The lowest BCUT2D eigenvalue weighted by atomic mass is 9.70. The van der Waals surface area contributed by atoms with Crippen LogP contribution in [-0.4, -0.2) is 87.1 Å². The van der Waals surface area contributed by atoms with E-state index >= 15 is 0 Å². The molecule has 0 saturated carbocycles. The van der Waals surface area contributed by atoms with Crippen molar-refractivity contribution in [2.75, 3.05) is 26.3 Å². The monoisotopic (exact) mass is 582 g/mol. The van der Waals surface area contributed by atoms with Crippen molar-refractivity contribution in [1.82, 2.24) is 9.80 Å². The van der Waals surface area contributed by atoms with Crippen LogP contribution in [0, 0.1) is 17.3 Å². The minimum absolute atomic E-state index is 0.0460. The number of esters is 1. The predicted molar refractivity (Wildman–Crippen MR) is 145 cm³/mol. The summed E-state index contributed by atoms with van der Waals surface area (Å²) in [6.45, 7) is 18.6. The van der Waals surface area contributed by atoms with E-state index in [2.05, 4.69) is 49.9 Å². The molecule has 3 unspecified atom stereocenters. The van der Waals surface area contributed by atoms with Crippen molar-refractivity contribution in [3.05, 3.63) is 25.3 Å². The number of nitrogens with zero attached hydrogens (tertiary/aromatic N) is 2. The summed E-state index contributed by atoms with van der Waals surface area (Å²) in [6.07, 6.45) is 4.80. The van der Waals surface area contributed by atoms with Gasteiger partial charge in [-0.15, -0.1) is 13.2 Å². The zero-order valence-corrected chi connectivity index (χ0v) is 24.5. The van der Waals surface area contributed by atoms with E-state index in [-0.39, 0.29) is 41.8 Å². The number of hydrogen-bond donors (Lipinski definition) is 1. The van der Waals surface area contributed by atoms with Crippen molar-refractivity contribution in [2.24, 2.45) is 17.3 Å². The molecule has 6 atom stereocenters. The maximum Gasteiger partial charge on any atom is 0.312 e. The minimum Gasteiger partial charge on any atom is -0.465 e. The van der Waals surface area contributed by atoms with Crippen LogP contribution in [0.25, 0.3) is 0 Å². The Morgan fingerprint density at radius 2 is 1.95 bits per heavy atom. The highest BCUT2D eigenvalue weighted by atomic mass is 79.9. The lowest BCUT2D eigenvalue weighted by Crippen LogP contribution is -2.61. The van der Waals surface area contributed by atoms with Crippen LogP contribution in [0.1, 0.15) is 60.3 Å². The van der Waals surface area contributed by atoms with E-state index in [9.17, 15) is 19.5 Å². The Morgan fingerprint density at radius 1 is 1.27 bits per heavy atom. The summed E-state index contributed by atoms with van der Waals surface area (Å²) in [5, 5.41) is 9.56. The van der Waals surface area contributed by atoms with Gasteiger partial charge in [-0.05, 0) is 44.9 Å². The van der Waals surface area contributed by atoms with Gasteiger partial charge in [0.15, 0.2) is 0 Å². The minimum atomic E-state index is -1.15. The van der Waals surface area contributed by atoms with Crippen molar-refractivity contribution in [1.29, 1.82) is 0 Å². The smallest absolute Gasteiger partial charge is 0.312 e. The number of aliphatic hydroxyl groups is 1. The molecule has 3 heterocycles. The first-order chi connectivity index (χ1) is 17.3. The molecule has 0 radical (unpaired) electrons. The first-order valence-electron chi connectivity index (χ1n) is 13.2. The number of aliphatic hydroxyl groups excluding tert-OH is 1. The van der Waals surface area contributed by atoms with Gasteiger partial charge in [0, 0.05) is 30.1 Å². The first-order valence-corrected chi connectivity index (χ1v) is 14.1. The second kappa shape index (κ2) is 11.2. The van der Waals surface area contributed by atoms with Gasteiger partial charge in [0.2, 0.25) is 11.8 Å². The molecule has 0 aliphatic carbocycles. The Balaban J connectivity index is 2.05. The van der Waals surface area contributed by atoms with E-state index in [1.54, 1.807) is 17.1 Å². The number of alkyl halides is 1. The topological polar surface area (TPSA) is 96.4 Å². The number of fused-ring (bicyclic) bond motifs is 1. The lowest BCUT2D eigenvalue weighted by Gasteiger charge is -2.45. The Labute approximate surface area is 229 Å². The molecule has 9 heteroatoms. The summed E-state index contributed by atoms with van der Waals surface area (Å²) in [5.41, 5.74) is -1.73. The Morgan fingerprint density at radius 3 is 2.51 bits per heavy atom. The largest absolute Gasteiger partial charge is 0.465 e. The number of ether oxygens (including phenoxy) is 2. The number of amides is 2. The van der Waals surface area contributed by atoms with Crippen LogP contribution in [0.15, 0.2) is 25.3 Å². The average Bonchev–Trinajstić information content (AvgIpc) is 3.37. The summed E-state index contributed by atoms with van der Waals surface area (Å²) in [5.74, 6) is -2.61. The quantitative estimate of drug-likeness (QED) is 0.164. The van der Waals surface area contributed by atoms with Crippen molar-refractivity contribution in [2.45, 2.75) is 88.4 Å². The molecule has 3 rings (SSSR count). The van der Waals surface area contributed by atoms with Gasteiger partial charge >= 0.3 is 5.97 Å². The third-order valence-corrected chi connectivity index (χ3v) is 8.53. The molecule has 3 aliphatic heterocycles. The summed E-state index contributed by atoms with van der Waals surface area (Å²) >= 11 is 3.67. The zero-order valence-electron chi connectivity index (χ0n) is 22.9. The van der Waals surface area contributed by atoms with Gasteiger partial charge in [-0.3, -0.25) is 14.4 Å². The van der Waals surface area contributed by atoms with E-state index in [0.717, 1.165) is 6.42 Å². The molecule has 3 fully saturated rings. The number of hydrogen-bond acceptors (Lipinski definition) is 6. The molecule has 37 heavy (non-hydrogen) atoms. The molecule has 1 spiro atoms. The fraction of sp³-hybridized carbons (Fsp3) is 0.750. The van der Waals surface area contributed by atoms with E-state index in [1.807, 2.05) is 13.8 Å². The van der Waals surface area contributed by atoms with Crippen LogP contribution in [0.2, 0.25) is 0 Å². The normalized spacial score (nSPS) is 30.8. The van der Waals surface area contributed by atoms with Crippen LogP contribution < -0.4 is 0 Å². The van der Waals surface area contributed by atoms with E-state index in [1.165, 1.54) is 4.90 Å². The average molecular weight is 584 g/mol. The summed E-state index contributed by atoms with van der Waals surface area (Å²) < 4.78 is 12.0. The highest BCUT2D eigenvalue weighted by Crippen LogP contribution is 2.60. The molecule has 0 aromatic carbocycles. The van der Waals surface area contributed by atoms with Crippen LogP contribution in [-0.2, 0) is 23.9 Å². The van der Waals surface area contributed by atoms with Gasteiger partial charge in [-0.25, -0.2) is 0 Å². The molecular weight excluding hydrogens is 540 g/mol. The molecule has 1 N–H and O–H groups in total. The summed E-state index contributed by atoms with van der Waals surface area (Å²) in [6, 6.07) is -0.910. The molecule has 2 amide bonds. The highest BCUT2D eigenvalue weighted by Gasteiger charge is 2.77. The van der Waals surface area contributed by atoms with Crippen LogP contribution in [0.4, 0.5) is 0 Å². The number of carbonyl (C=O) groups excluding carboxylic acids is 3.